The van der Waals surface area contributed by atoms with Gasteiger partial charge in [0, 0.05) is 16.5 Å². The zero-order valence-corrected chi connectivity index (χ0v) is 32.4. The van der Waals surface area contributed by atoms with Gasteiger partial charge in [-0.3, -0.25) is 0 Å². The lowest BCUT2D eigenvalue weighted by Gasteiger charge is -2.23. The van der Waals surface area contributed by atoms with Gasteiger partial charge in [-0.15, -0.1) is 0 Å². The van der Waals surface area contributed by atoms with Crippen LogP contribution < -0.4 is 0 Å². The minimum Gasteiger partial charge on any atom is -0.309 e. The van der Waals surface area contributed by atoms with E-state index in [1.54, 1.807) is 0 Å². The van der Waals surface area contributed by atoms with Crippen molar-refractivity contribution in [3.63, 3.8) is 0 Å². The van der Waals surface area contributed by atoms with Crippen LogP contribution in [0, 0.1) is 0 Å². The lowest BCUT2D eigenvalue weighted by molar-refractivity contribution is 0.591. The smallest absolute Gasteiger partial charge is 0.0541 e. The average molecular weight is 728 g/mol. The minimum absolute atomic E-state index is 0.0533. The summed E-state index contributed by atoms with van der Waals surface area (Å²) >= 11 is 0. The highest BCUT2D eigenvalue weighted by Crippen LogP contribution is 2.47. The van der Waals surface area contributed by atoms with Gasteiger partial charge in [0.05, 0.1) is 11.0 Å². The molecule has 1 nitrogen and oxygen atoms in total. The van der Waals surface area contributed by atoms with Crippen LogP contribution in [0.4, 0.5) is 0 Å². The highest BCUT2D eigenvalue weighted by molar-refractivity contribution is 6.28. The summed E-state index contributed by atoms with van der Waals surface area (Å²) in [5, 5.41) is 10.4. The molecule has 0 N–H and O–H groups in total. The third-order valence-corrected chi connectivity index (χ3v) is 12.1. The van der Waals surface area contributed by atoms with Crippen LogP contribution in [0.1, 0.15) is 26.3 Å². The van der Waals surface area contributed by atoms with Crippen LogP contribution in [0.3, 0.4) is 0 Å². The second-order valence-electron chi connectivity index (χ2n) is 16.5. The summed E-state index contributed by atoms with van der Waals surface area (Å²) in [5.74, 6) is 0. The average Bonchev–Trinajstić information content (AvgIpc) is 3.59. The van der Waals surface area contributed by atoms with Crippen molar-refractivity contribution in [1.29, 1.82) is 0 Å². The molecule has 0 atom stereocenters. The molecular weight excluding hydrogens is 687 g/mol. The molecule has 10 aromatic carbocycles. The molecule has 0 radical (unpaired) electrons. The normalized spacial score (nSPS) is 12.1. The summed E-state index contributed by atoms with van der Waals surface area (Å²) in [4.78, 5) is 0. The molecule has 0 unspecified atom stereocenters. The first-order chi connectivity index (χ1) is 27.9. The minimum atomic E-state index is 0.0533. The maximum atomic E-state index is 2.45. The molecule has 0 fully saturated rings. The van der Waals surface area contributed by atoms with Gasteiger partial charge >= 0.3 is 0 Å². The molecule has 0 aliphatic carbocycles. The fourth-order valence-corrected chi connectivity index (χ4v) is 9.25. The number of nitrogens with zero attached hydrogens (tertiary/aromatic N) is 1. The number of hydrogen-bond donors (Lipinski definition) is 0. The van der Waals surface area contributed by atoms with Gasteiger partial charge in [0.15, 0.2) is 0 Å². The molecule has 1 aromatic heterocycles. The number of benzene rings is 10. The summed E-state index contributed by atoms with van der Waals surface area (Å²) in [7, 11) is 0. The summed E-state index contributed by atoms with van der Waals surface area (Å²) < 4.78 is 2.42. The first kappa shape index (κ1) is 33.4. The van der Waals surface area contributed by atoms with Crippen LogP contribution in [0.5, 0.6) is 0 Å². The van der Waals surface area contributed by atoms with Gasteiger partial charge in [0.25, 0.3) is 0 Å². The first-order valence-corrected chi connectivity index (χ1v) is 20.0. The van der Waals surface area contributed by atoms with Gasteiger partial charge < -0.3 is 4.57 Å². The molecule has 0 bridgehead atoms. The topological polar surface area (TPSA) is 4.93 Å². The summed E-state index contributed by atoms with van der Waals surface area (Å²) in [6, 6.07) is 72.0. The van der Waals surface area contributed by atoms with Crippen LogP contribution >= 0.6 is 0 Å². The zero-order chi connectivity index (χ0) is 38.3. The van der Waals surface area contributed by atoms with E-state index in [0.29, 0.717) is 0 Å². The molecule has 0 amide bonds. The van der Waals surface area contributed by atoms with Crippen LogP contribution in [-0.4, -0.2) is 4.57 Å². The van der Waals surface area contributed by atoms with E-state index in [1.165, 1.54) is 104 Å². The highest BCUT2D eigenvalue weighted by Gasteiger charge is 2.22. The van der Waals surface area contributed by atoms with Crippen molar-refractivity contribution in [1.82, 2.24) is 4.57 Å². The van der Waals surface area contributed by atoms with E-state index in [1.807, 2.05) is 0 Å². The molecular formula is C56H41N. The summed E-state index contributed by atoms with van der Waals surface area (Å²) in [6.07, 6.45) is 0. The molecule has 0 aliphatic heterocycles. The van der Waals surface area contributed by atoms with Crippen LogP contribution in [0.15, 0.2) is 194 Å². The monoisotopic (exact) mass is 727 g/mol. The number of fused-ring (bicyclic) bond motifs is 3. The first-order valence-electron chi connectivity index (χ1n) is 20.0. The lowest BCUT2D eigenvalue weighted by atomic mass is 9.81. The van der Waals surface area contributed by atoms with Crippen LogP contribution in [-0.2, 0) is 5.41 Å². The standard InChI is InChI=1S/C56H41N/c1-56(2,3)42-32-40-24-29-47-49(35-50(48-30-25-41(33-42)54(40)55(47)48)45-19-11-10-18-44(45)37-16-8-5-9-17-37)38-22-27-43(28-23-38)57-52-21-13-12-20-46(52)51-34-39(26-31-53(51)57)36-14-6-4-7-15-36/h4-35H,1-3H3. The van der Waals surface area contributed by atoms with Crippen molar-refractivity contribution in [2.75, 3.05) is 0 Å². The Morgan fingerprint density at radius 3 is 1.60 bits per heavy atom. The molecule has 1 heterocycles. The van der Waals surface area contributed by atoms with Gasteiger partial charge in [-0.2, -0.15) is 0 Å². The summed E-state index contributed by atoms with van der Waals surface area (Å²) in [5.41, 5.74) is 14.9. The van der Waals surface area contributed by atoms with E-state index in [4.69, 9.17) is 0 Å². The Labute approximate surface area is 333 Å². The zero-order valence-electron chi connectivity index (χ0n) is 32.4. The number of para-hydroxylation sites is 1. The predicted molar refractivity (Wildman–Crippen MR) is 245 cm³/mol. The third kappa shape index (κ3) is 5.38. The molecule has 11 aromatic rings. The Morgan fingerprint density at radius 1 is 0.333 bits per heavy atom. The van der Waals surface area contributed by atoms with E-state index in [0.717, 1.165) is 5.69 Å². The van der Waals surface area contributed by atoms with Crippen molar-refractivity contribution in [3.8, 4) is 50.2 Å². The quantitative estimate of drug-likeness (QED) is 0.156. The van der Waals surface area contributed by atoms with E-state index in [9.17, 15) is 0 Å². The highest BCUT2D eigenvalue weighted by atomic mass is 15.0. The van der Waals surface area contributed by atoms with Gasteiger partial charge in [-0.05, 0) is 124 Å². The Kier molecular flexibility index (Phi) is 7.50. The van der Waals surface area contributed by atoms with Gasteiger partial charge in [-0.1, -0.05) is 178 Å². The van der Waals surface area contributed by atoms with Crippen LogP contribution in [0.2, 0.25) is 0 Å². The van der Waals surface area contributed by atoms with Gasteiger partial charge in [-0.25, -0.2) is 0 Å². The largest absolute Gasteiger partial charge is 0.309 e. The molecule has 0 saturated heterocycles. The predicted octanol–water partition coefficient (Wildman–Crippen LogP) is 15.6. The maximum Gasteiger partial charge on any atom is 0.0541 e. The van der Waals surface area contributed by atoms with Crippen molar-refractivity contribution >= 4 is 54.1 Å². The Bertz CT molecular complexity index is 3270. The van der Waals surface area contributed by atoms with Crippen molar-refractivity contribution < 1.29 is 0 Å². The molecule has 270 valence electrons. The second-order valence-corrected chi connectivity index (χ2v) is 16.5. The number of aromatic nitrogens is 1. The van der Waals surface area contributed by atoms with Gasteiger partial charge in [0.2, 0.25) is 0 Å². The molecule has 0 aliphatic rings. The summed E-state index contributed by atoms with van der Waals surface area (Å²) in [6.45, 7) is 6.92. The Morgan fingerprint density at radius 2 is 0.895 bits per heavy atom. The Hall–Kier alpha value is -6.96. The van der Waals surface area contributed by atoms with Crippen molar-refractivity contribution in [3.05, 3.63) is 200 Å². The maximum absolute atomic E-state index is 2.45. The number of rotatable bonds is 5. The fraction of sp³-hybridized carbons (Fsp3) is 0.0714. The third-order valence-electron chi connectivity index (χ3n) is 12.1. The van der Waals surface area contributed by atoms with Crippen molar-refractivity contribution in [2.45, 2.75) is 26.2 Å². The lowest BCUT2D eigenvalue weighted by Crippen LogP contribution is -2.10. The fourth-order valence-electron chi connectivity index (χ4n) is 9.25. The molecule has 0 saturated carbocycles. The van der Waals surface area contributed by atoms with E-state index in [-0.39, 0.29) is 5.41 Å². The van der Waals surface area contributed by atoms with E-state index < -0.39 is 0 Å². The molecule has 57 heavy (non-hydrogen) atoms. The molecule has 11 rings (SSSR count). The van der Waals surface area contributed by atoms with Gasteiger partial charge in [0.1, 0.15) is 0 Å². The Balaban J connectivity index is 1.13. The second kappa shape index (κ2) is 12.8. The van der Waals surface area contributed by atoms with Crippen LogP contribution in [0.25, 0.3) is 104 Å². The van der Waals surface area contributed by atoms with Crippen molar-refractivity contribution in [2.24, 2.45) is 0 Å². The van der Waals surface area contributed by atoms with E-state index in [2.05, 4.69) is 219 Å². The molecule has 1 heteroatoms. The molecule has 0 spiro atoms. The van der Waals surface area contributed by atoms with E-state index >= 15 is 0 Å². The number of hydrogen-bond acceptors (Lipinski definition) is 0. The SMILES string of the molecule is CC(C)(C)c1cc2ccc3c(-c4ccc(-n5c6ccccc6c6cc(-c7ccccc7)ccc65)cc4)cc(-c4ccccc4-c4ccccc4)c4ccc(c1)c2c34.